The second kappa shape index (κ2) is 11.3. The Kier molecular flexibility index (Phi) is 7.45. The number of nitrogens with zero attached hydrogens (tertiary/aromatic N) is 6. The van der Waals surface area contributed by atoms with Crippen molar-refractivity contribution in [2.45, 2.75) is 39.3 Å². The van der Waals surface area contributed by atoms with Gasteiger partial charge in [-0.15, -0.1) is 0 Å². The third kappa shape index (κ3) is 6.02. The number of amides is 1. The van der Waals surface area contributed by atoms with E-state index in [1.54, 1.807) is 18.3 Å². The molecule has 1 fully saturated rings. The summed E-state index contributed by atoms with van der Waals surface area (Å²) in [4.78, 5) is 31.0. The number of fused-ring (bicyclic) bond motifs is 1. The van der Waals surface area contributed by atoms with Gasteiger partial charge in [0.2, 0.25) is 0 Å². The Labute approximate surface area is 245 Å². The normalized spacial score (nSPS) is 15.2. The molecule has 0 spiro atoms. The fourth-order valence-electron chi connectivity index (χ4n) is 5.11. The van der Waals surface area contributed by atoms with Gasteiger partial charge in [-0.3, -0.25) is 0 Å². The lowest BCUT2D eigenvalue weighted by molar-refractivity contribution is 0.0240. The fourth-order valence-corrected chi connectivity index (χ4v) is 5.11. The number of rotatable bonds is 8. The molecule has 4 aromatic rings. The van der Waals surface area contributed by atoms with Crippen LogP contribution < -0.4 is 14.4 Å². The van der Waals surface area contributed by atoms with Crippen molar-refractivity contribution < 1.29 is 19.0 Å². The molecular weight excluding hydrogens is 532 g/mol. The maximum absolute atomic E-state index is 12.6. The Morgan fingerprint density at radius 1 is 0.929 bits per heavy atom. The van der Waals surface area contributed by atoms with Crippen molar-refractivity contribution in [1.82, 2.24) is 24.4 Å². The number of hydrogen-bond donors (Lipinski definition) is 0. The van der Waals surface area contributed by atoms with Crippen molar-refractivity contribution in [2.75, 3.05) is 44.8 Å². The lowest BCUT2D eigenvalue weighted by Gasteiger charge is -2.36. The van der Waals surface area contributed by atoms with E-state index in [1.165, 1.54) is 11.1 Å². The second-order valence-corrected chi connectivity index (χ2v) is 11.6. The molecule has 0 atom stereocenters. The lowest BCUT2D eigenvalue weighted by atomic mass is 10.2. The molecular formula is C32H36N6O4. The predicted molar refractivity (Wildman–Crippen MR) is 161 cm³/mol. The average molecular weight is 569 g/mol. The van der Waals surface area contributed by atoms with Crippen molar-refractivity contribution >= 4 is 28.6 Å². The van der Waals surface area contributed by atoms with Gasteiger partial charge in [0.05, 0.1) is 13.7 Å². The number of ether oxygens (including phenoxy) is 3. The number of methoxy groups -OCH3 is 1. The SMILES string of the molecule is COc1ccc(Cn2c(C3=C(COc4ccccc4)C3)nc3c(N4CCN(C(=O)OC(C)(C)C)CC4)ncnc32)cc1. The van der Waals surface area contributed by atoms with Gasteiger partial charge in [0, 0.05) is 38.2 Å². The standard InChI is InChI=1S/C32H36N6O4/c1-32(2,3)42-31(39)37-16-14-36(15-17-37)29-27-30(34-21-33-29)38(19-22-10-12-24(40-4)13-11-22)28(35-27)26-18-23(26)20-41-25-8-6-5-7-9-25/h5-13,21H,14-20H2,1-4H3. The first-order chi connectivity index (χ1) is 20.3. The molecule has 1 amide bonds. The second-order valence-electron chi connectivity index (χ2n) is 11.6. The number of imidazole rings is 1. The number of aromatic nitrogens is 4. The highest BCUT2D eigenvalue weighted by molar-refractivity contribution is 5.90. The fraction of sp³-hybridized carbons (Fsp3) is 0.375. The third-order valence-corrected chi connectivity index (χ3v) is 7.36. The summed E-state index contributed by atoms with van der Waals surface area (Å²) in [5, 5.41) is 0. The highest BCUT2D eigenvalue weighted by Crippen LogP contribution is 2.41. The van der Waals surface area contributed by atoms with Crippen molar-refractivity contribution in [2.24, 2.45) is 0 Å². The molecule has 218 valence electrons. The zero-order valence-electron chi connectivity index (χ0n) is 24.5. The van der Waals surface area contributed by atoms with Gasteiger partial charge in [-0.05, 0) is 56.2 Å². The molecule has 2 aliphatic rings. The van der Waals surface area contributed by atoms with Crippen LogP contribution in [0.2, 0.25) is 0 Å². The summed E-state index contributed by atoms with van der Waals surface area (Å²) in [5.41, 5.74) is 4.54. The van der Waals surface area contributed by atoms with Crippen molar-refractivity contribution in [3.05, 3.63) is 77.9 Å². The van der Waals surface area contributed by atoms with Crippen LogP contribution in [-0.4, -0.2) is 76.0 Å². The van der Waals surface area contributed by atoms with Crippen molar-refractivity contribution in [3.63, 3.8) is 0 Å². The van der Waals surface area contributed by atoms with Crippen LogP contribution >= 0.6 is 0 Å². The smallest absolute Gasteiger partial charge is 0.410 e. The number of anilines is 1. The molecule has 0 radical (unpaired) electrons. The van der Waals surface area contributed by atoms with E-state index < -0.39 is 5.60 Å². The average Bonchev–Trinajstić information content (AvgIpc) is 3.68. The maximum atomic E-state index is 12.6. The topological polar surface area (TPSA) is 94.8 Å². The molecule has 42 heavy (non-hydrogen) atoms. The molecule has 0 saturated carbocycles. The molecule has 2 aromatic heterocycles. The van der Waals surface area contributed by atoms with Crippen molar-refractivity contribution in [3.8, 4) is 11.5 Å². The molecule has 3 heterocycles. The molecule has 0 unspecified atom stereocenters. The number of piperazine rings is 1. The number of allylic oxidation sites excluding steroid dienone is 1. The third-order valence-electron chi connectivity index (χ3n) is 7.36. The van der Waals surface area contributed by atoms with E-state index in [0.29, 0.717) is 39.3 Å². The minimum absolute atomic E-state index is 0.285. The van der Waals surface area contributed by atoms with Gasteiger partial charge in [-0.1, -0.05) is 30.3 Å². The summed E-state index contributed by atoms with van der Waals surface area (Å²) in [6, 6.07) is 17.9. The van der Waals surface area contributed by atoms with Crippen LogP contribution in [0.5, 0.6) is 11.5 Å². The Morgan fingerprint density at radius 3 is 2.36 bits per heavy atom. The van der Waals surface area contributed by atoms with Gasteiger partial charge in [0.25, 0.3) is 0 Å². The molecule has 1 saturated heterocycles. The van der Waals surface area contributed by atoms with E-state index in [-0.39, 0.29) is 6.09 Å². The zero-order valence-corrected chi connectivity index (χ0v) is 24.5. The Balaban J connectivity index is 1.29. The largest absolute Gasteiger partial charge is 0.497 e. The summed E-state index contributed by atoms with van der Waals surface area (Å²) in [6.45, 7) is 9.13. The number of hydrogen-bond acceptors (Lipinski definition) is 8. The highest BCUT2D eigenvalue weighted by atomic mass is 16.6. The summed E-state index contributed by atoms with van der Waals surface area (Å²) >= 11 is 0. The summed E-state index contributed by atoms with van der Waals surface area (Å²) < 4.78 is 19.1. The van der Waals surface area contributed by atoms with Gasteiger partial charge in [-0.25, -0.2) is 19.7 Å². The first-order valence-electron chi connectivity index (χ1n) is 14.3. The predicted octanol–water partition coefficient (Wildman–Crippen LogP) is 5.18. The van der Waals surface area contributed by atoms with Crippen LogP contribution in [0.25, 0.3) is 16.7 Å². The summed E-state index contributed by atoms with van der Waals surface area (Å²) in [6.07, 6.45) is 2.16. The summed E-state index contributed by atoms with van der Waals surface area (Å²) in [5.74, 6) is 3.33. The minimum atomic E-state index is -0.525. The van der Waals surface area contributed by atoms with Gasteiger partial charge in [0.1, 0.15) is 35.9 Å². The molecule has 1 aliphatic heterocycles. The first kappa shape index (κ1) is 27.6. The summed E-state index contributed by atoms with van der Waals surface area (Å²) in [7, 11) is 1.67. The molecule has 0 bridgehead atoms. The number of benzene rings is 2. The van der Waals surface area contributed by atoms with Gasteiger partial charge >= 0.3 is 6.09 Å². The molecule has 6 rings (SSSR count). The molecule has 10 heteroatoms. The maximum Gasteiger partial charge on any atom is 0.410 e. The van der Waals surface area contributed by atoms with Gasteiger partial charge in [-0.2, -0.15) is 0 Å². The van der Waals surface area contributed by atoms with E-state index in [9.17, 15) is 4.79 Å². The Morgan fingerprint density at radius 2 is 1.67 bits per heavy atom. The molecule has 1 aliphatic carbocycles. The molecule has 10 nitrogen and oxygen atoms in total. The van der Waals surface area contributed by atoms with E-state index in [4.69, 9.17) is 24.2 Å². The van der Waals surface area contributed by atoms with E-state index in [0.717, 1.165) is 46.3 Å². The minimum Gasteiger partial charge on any atom is -0.497 e. The van der Waals surface area contributed by atoms with Crippen LogP contribution in [0.15, 0.2) is 66.5 Å². The quantitative estimate of drug-likeness (QED) is 0.287. The van der Waals surface area contributed by atoms with Crippen LogP contribution in [-0.2, 0) is 11.3 Å². The number of para-hydroxylation sites is 1. The van der Waals surface area contributed by atoms with Crippen molar-refractivity contribution in [1.29, 1.82) is 0 Å². The van der Waals surface area contributed by atoms with Crippen LogP contribution in [0.3, 0.4) is 0 Å². The Bertz CT molecular complexity index is 1600. The zero-order chi connectivity index (χ0) is 29.3. The lowest BCUT2D eigenvalue weighted by Crippen LogP contribution is -2.50. The van der Waals surface area contributed by atoms with E-state index in [2.05, 4.69) is 26.6 Å². The van der Waals surface area contributed by atoms with E-state index in [1.807, 2.05) is 63.2 Å². The number of carbonyl (C=O) groups excluding carboxylic acids is 1. The van der Waals surface area contributed by atoms with E-state index >= 15 is 0 Å². The first-order valence-corrected chi connectivity index (χ1v) is 14.3. The monoisotopic (exact) mass is 568 g/mol. The highest BCUT2D eigenvalue weighted by Gasteiger charge is 2.32. The molecule has 0 N–H and O–H groups in total. The van der Waals surface area contributed by atoms with Crippen LogP contribution in [0.4, 0.5) is 10.6 Å². The van der Waals surface area contributed by atoms with Crippen LogP contribution in [0.1, 0.15) is 38.6 Å². The molecule has 2 aromatic carbocycles. The van der Waals surface area contributed by atoms with Crippen LogP contribution in [0, 0.1) is 0 Å². The van der Waals surface area contributed by atoms with Gasteiger partial charge in [0.15, 0.2) is 17.0 Å². The number of carbonyl (C=O) groups is 1. The van der Waals surface area contributed by atoms with Gasteiger partial charge < -0.3 is 28.6 Å². The Hall–Kier alpha value is -4.60.